The van der Waals surface area contributed by atoms with Crippen molar-refractivity contribution in [2.24, 2.45) is 0 Å². The van der Waals surface area contributed by atoms with Gasteiger partial charge in [-0.1, -0.05) is 42.5 Å². The Kier molecular flexibility index (Phi) is 5.19. The Balaban J connectivity index is 1.71. The highest BCUT2D eigenvalue weighted by Crippen LogP contribution is 2.37. The Morgan fingerprint density at radius 1 is 1.14 bits per heavy atom. The van der Waals surface area contributed by atoms with Crippen molar-refractivity contribution in [1.82, 2.24) is 9.88 Å². The van der Waals surface area contributed by atoms with Crippen LogP contribution in [0.15, 0.2) is 54.6 Å². The van der Waals surface area contributed by atoms with Gasteiger partial charge in [0.25, 0.3) is 0 Å². The molecule has 5 heteroatoms. The predicted molar refractivity (Wildman–Crippen MR) is 118 cm³/mol. The summed E-state index contributed by atoms with van der Waals surface area (Å²) in [6.45, 7) is 3.55. The van der Waals surface area contributed by atoms with Crippen LogP contribution in [0.25, 0.3) is 10.9 Å². The summed E-state index contributed by atoms with van der Waals surface area (Å²) in [5, 5.41) is 12.7. The van der Waals surface area contributed by atoms with Gasteiger partial charge in [0, 0.05) is 18.5 Å². The molecule has 5 nitrogen and oxygen atoms in total. The van der Waals surface area contributed by atoms with E-state index in [4.69, 9.17) is 9.72 Å². The summed E-state index contributed by atoms with van der Waals surface area (Å²) in [6.07, 6.45) is 0.643. The van der Waals surface area contributed by atoms with Crippen molar-refractivity contribution in [1.29, 1.82) is 0 Å². The number of likely N-dealkylation sites (N-methyl/N-ethyl adjacent to an activating group) is 1. The van der Waals surface area contributed by atoms with Crippen LogP contribution in [0.1, 0.15) is 17.5 Å². The zero-order valence-corrected chi connectivity index (χ0v) is 17.6. The molecule has 152 valence electrons. The average molecular weight is 392 g/mol. The number of aryl methyl sites for hydroxylation is 1. The van der Waals surface area contributed by atoms with Crippen LogP contribution in [-0.4, -0.2) is 55.3 Å². The molecule has 0 spiro atoms. The summed E-state index contributed by atoms with van der Waals surface area (Å²) in [4.78, 5) is 9.34. The molecule has 2 atom stereocenters. The average Bonchev–Trinajstić information content (AvgIpc) is 2.74. The Labute approximate surface area is 172 Å². The first-order valence-corrected chi connectivity index (χ1v) is 10.1. The lowest BCUT2D eigenvalue weighted by atomic mass is 9.80. The predicted octanol–water partition coefficient (Wildman–Crippen LogP) is 3.58. The number of benzene rings is 2. The lowest BCUT2D eigenvalue weighted by Crippen LogP contribution is -2.59. The van der Waals surface area contributed by atoms with E-state index in [1.165, 1.54) is 5.56 Å². The third-order valence-corrected chi connectivity index (χ3v) is 6.14. The van der Waals surface area contributed by atoms with Gasteiger partial charge in [0.1, 0.15) is 22.7 Å². The Morgan fingerprint density at radius 3 is 2.59 bits per heavy atom. The largest absolute Gasteiger partial charge is 0.494 e. The van der Waals surface area contributed by atoms with Gasteiger partial charge in [0.05, 0.1) is 13.2 Å². The van der Waals surface area contributed by atoms with E-state index in [1.54, 1.807) is 7.11 Å². The molecule has 1 aliphatic rings. The number of fused-ring (bicyclic) bond motifs is 1. The molecule has 29 heavy (non-hydrogen) atoms. The standard InChI is InChI=1S/C24H29N3O2/c1-17-15-22(25-23-19(17)11-8-12-20(23)29-4)27-14-13-24(28,21(16-27)26(2)3)18-9-6-5-7-10-18/h5-12,15,21,28H,13-14,16H2,1-4H3/t21-,24+/m1/s1. The lowest BCUT2D eigenvalue weighted by Gasteiger charge is -2.48. The van der Waals surface area contributed by atoms with Crippen LogP contribution in [0.2, 0.25) is 0 Å². The number of hydrogen-bond donors (Lipinski definition) is 1. The van der Waals surface area contributed by atoms with Gasteiger partial charge in [-0.2, -0.15) is 0 Å². The van der Waals surface area contributed by atoms with Crippen molar-refractivity contribution < 1.29 is 9.84 Å². The summed E-state index contributed by atoms with van der Waals surface area (Å²) in [7, 11) is 5.75. The van der Waals surface area contributed by atoms with Crippen LogP contribution < -0.4 is 9.64 Å². The molecular weight excluding hydrogens is 362 g/mol. The third kappa shape index (κ3) is 3.45. The highest BCUT2D eigenvalue weighted by atomic mass is 16.5. The quantitative estimate of drug-likeness (QED) is 0.737. The van der Waals surface area contributed by atoms with E-state index in [0.717, 1.165) is 34.6 Å². The number of aliphatic hydroxyl groups is 1. The van der Waals surface area contributed by atoms with Crippen molar-refractivity contribution in [3.8, 4) is 5.75 Å². The van der Waals surface area contributed by atoms with Crippen molar-refractivity contribution >= 4 is 16.7 Å². The van der Waals surface area contributed by atoms with Crippen LogP contribution in [0.4, 0.5) is 5.82 Å². The molecule has 0 bridgehead atoms. The van der Waals surface area contributed by atoms with Crippen LogP contribution in [0, 0.1) is 6.92 Å². The van der Waals surface area contributed by atoms with Gasteiger partial charge in [-0.15, -0.1) is 0 Å². The Hall–Kier alpha value is -2.63. The van der Waals surface area contributed by atoms with Gasteiger partial charge in [-0.05, 0) is 50.7 Å². The molecule has 1 saturated heterocycles. The number of aromatic nitrogens is 1. The summed E-state index contributed by atoms with van der Waals surface area (Å²) >= 11 is 0. The van der Waals surface area contributed by atoms with Crippen LogP contribution >= 0.6 is 0 Å². The van der Waals surface area contributed by atoms with Crippen molar-refractivity contribution in [3.05, 3.63) is 65.7 Å². The van der Waals surface area contributed by atoms with Gasteiger partial charge >= 0.3 is 0 Å². The second-order valence-corrected chi connectivity index (χ2v) is 8.12. The number of nitrogens with zero attached hydrogens (tertiary/aromatic N) is 3. The highest BCUT2D eigenvalue weighted by Gasteiger charge is 2.44. The van der Waals surface area contributed by atoms with E-state index < -0.39 is 5.60 Å². The maximum atomic E-state index is 11.6. The van der Waals surface area contributed by atoms with E-state index in [2.05, 4.69) is 28.9 Å². The molecule has 0 saturated carbocycles. The van der Waals surface area contributed by atoms with E-state index >= 15 is 0 Å². The minimum Gasteiger partial charge on any atom is -0.494 e. The minimum absolute atomic E-state index is 0.0471. The fourth-order valence-corrected chi connectivity index (χ4v) is 4.49. The van der Waals surface area contributed by atoms with Crippen molar-refractivity contribution in [2.75, 3.05) is 39.2 Å². The van der Waals surface area contributed by atoms with Crippen LogP contribution in [0.3, 0.4) is 0 Å². The van der Waals surface area contributed by atoms with E-state index in [-0.39, 0.29) is 6.04 Å². The topological polar surface area (TPSA) is 48.8 Å². The monoisotopic (exact) mass is 391 g/mol. The summed E-state index contributed by atoms with van der Waals surface area (Å²) in [6, 6.07) is 18.1. The number of rotatable bonds is 4. The number of hydrogen-bond acceptors (Lipinski definition) is 5. The van der Waals surface area contributed by atoms with E-state index in [9.17, 15) is 5.11 Å². The van der Waals surface area contributed by atoms with Crippen LogP contribution in [-0.2, 0) is 5.60 Å². The molecule has 1 N–H and O–H groups in total. The third-order valence-electron chi connectivity index (χ3n) is 6.14. The van der Waals surface area contributed by atoms with Gasteiger partial charge in [-0.3, -0.25) is 0 Å². The molecule has 1 aromatic heterocycles. The first-order chi connectivity index (χ1) is 13.9. The normalized spacial score (nSPS) is 22.3. The molecule has 3 aromatic rings. The first kappa shape index (κ1) is 19.7. The molecule has 2 aromatic carbocycles. The number of piperidine rings is 1. The molecule has 0 aliphatic carbocycles. The van der Waals surface area contributed by atoms with Gasteiger partial charge in [-0.25, -0.2) is 4.98 Å². The summed E-state index contributed by atoms with van der Waals surface area (Å²) in [5.74, 6) is 1.72. The molecule has 2 heterocycles. The highest BCUT2D eigenvalue weighted by molar-refractivity contribution is 5.88. The van der Waals surface area contributed by atoms with Gasteiger partial charge in [0.15, 0.2) is 0 Å². The van der Waals surface area contributed by atoms with Crippen molar-refractivity contribution in [3.63, 3.8) is 0 Å². The minimum atomic E-state index is -0.884. The molecule has 0 radical (unpaired) electrons. The Morgan fingerprint density at radius 2 is 1.90 bits per heavy atom. The zero-order chi connectivity index (χ0) is 20.6. The molecule has 4 rings (SSSR count). The second kappa shape index (κ2) is 7.65. The second-order valence-electron chi connectivity index (χ2n) is 8.12. The molecule has 1 aliphatic heterocycles. The number of anilines is 1. The van der Waals surface area contributed by atoms with Gasteiger partial charge < -0.3 is 19.6 Å². The van der Waals surface area contributed by atoms with E-state index in [0.29, 0.717) is 13.0 Å². The number of para-hydroxylation sites is 1. The SMILES string of the molecule is COc1cccc2c(C)cc(N3CC[C@](O)(c4ccccc4)[C@H](N(C)C)C3)nc12. The van der Waals surface area contributed by atoms with Crippen molar-refractivity contribution in [2.45, 2.75) is 25.0 Å². The maximum absolute atomic E-state index is 11.6. The molecule has 1 fully saturated rings. The number of ether oxygens (including phenoxy) is 1. The van der Waals surface area contributed by atoms with Gasteiger partial charge in [0.2, 0.25) is 0 Å². The fraction of sp³-hybridized carbons (Fsp3) is 0.375. The molecular formula is C24H29N3O2. The fourth-order valence-electron chi connectivity index (χ4n) is 4.49. The van der Waals surface area contributed by atoms with E-state index in [1.807, 2.05) is 56.6 Å². The zero-order valence-electron chi connectivity index (χ0n) is 17.6. The summed E-state index contributed by atoms with van der Waals surface area (Å²) in [5.41, 5.74) is 2.15. The molecule has 0 unspecified atom stereocenters. The smallest absolute Gasteiger partial charge is 0.145 e. The summed E-state index contributed by atoms with van der Waals surface area (Å²) < 4.78 is 5.55. The molecule has 0 amide bonds. The Bertz CT molecular complexity index is 1010. The lowest BCUT2D eigenvalue weighted by molar-refractivity contribution is -0.0527. The van der Waals surface area contributed by atoms with Crippen LogP contribution in [0.5, 0.6) is 5.75 Å². The number of pyridine rings is 1. The number of methoxy groups -OCH3 is 1. The maximum Gasteiger partial charge on any atom is 0.145 e. The first-order valence-electron chi connectivity index (χ1n) is 10.1.